The molecule has 2 nitrogen and oxygen atoms in total. The van der Waals surface area contributed by atoms with Gasteiger partial charge in [0.2, 0.25) is 0 Å². The Morgan fingerprint density at radius 3 is 2.81 bits per heavy atom. The third-order valence-electron chi connectivity index (χ3n) is 4.67. The topological polar surface area (TPSA) is 17.0 Å². The minimum absolute atomic E-state index is 0.834. The first-order chi connectivity index (χ1) is 10.3. The molecule has 21 heavy (non-hydrogen) atoms. The zero-order valence-electron chi connectivity index (χ0n) is 12.9. The van der Waals surface area contributed by atoms with Gasteiger partial charge in [0, 0.05) is 35.2 Å². The molecule has 0 saturated heterocycles. The zero-order valence-corrected chi connectivity index (χ0v) is 13.6. The van der Waals surface area contributed by atoms with E-state index in [9.17, 15) is 0 Å². The first kappa shape index (κ1) is 14.9. The normalized spacial score (nSPS) is 16.7. The molecule has 1 fully saturated rings. The lowest BCUT2D eigenvalue weighted by Gasteiger charge is -2.22. The van der Waals surface area contributed by atoms with Crippen LogP contribution in [-0.2, 0) is 13.1 Å². The second kappa shape index (κ2) is 6.85. The number of halogens is 1. The summed E-state index contributed by atoms with van der Waals surface area (Å²) in [6.45, 7) is 5.23. The predicted molar refractivity (Wildman–Crippen MR) is 90.9 cm³/mol. The van der Waals surface area contributed by atoms with Gasteiger partial charge >= 0.3 is 0 Å². The monoisotopic (exact) mass is 304 g/mol. The third kappa shape index (κ3) is 3.44. The highest BCUT2D eigenvalue weighted by Crippen LogP contribution is 2.29. The summed E-state index contributed by atoms with van der Waals surface area (Å²) in [5.74, 6) is 0.834. The minimum Gasteiger partial charge on any atom is -0.347 e. The van der Waals surface area contributed by atoms with Gasteiger partial charge in [-0.05, 0) is 43.0 Å². The Labute approximate surface area is 132 Å². The average Bonchev–Trinajstić information content (AvgIpc) is 2.83. The molecule has 1 heterocycles. The number of hydrogen-bond donors (Lipinski definition) is 1. The molecule has 3 rings (SSSR count). The molecule has 1 aliphatic rings. The van der Waals surface area contributed by atoms with Crippen LogP contribution in [0.15, 0.2) is 24.4 Å². The molecular weight excluding hydrogens is 280 g/mol. The van der Waals surface area contributed by atoms with Crippen LogP contribution in [-0.4, -0.2) is 11.1 Å². The summed E-state index contributed by atoms with van der Waals surface area (Å²) in [6, 6.07) is 6.29. The highest BCUT2D eigenvalue weighted by molar-refractivity contribution is 6.31. The van der Waals surface area contributed by atoms with E-state index in [-0.39, 0.29) is 0 Å². The van der Waals surface area contributed by atoms with Crippen LogP contribution in [0.3, 0.4) is 0 Å². The van der Waals surface area contributed by atoms with Gasteiger partial charge in [0.25, 0.3) is 0 Å². The van der Waals surface area contributed by atoms with Crippen LogP contribution in [0.25, 0.3) is 10.9 Å². The number of aromatic nitrogens is 1. The standard InChI is InChI=1S/C18H25ClN2/c1-2-20-11-15-13-21(12-14-6-4-3-5-7-14)18-10-16(19)8-9-17(15)18/h8-10,13-14,20H,2-7,11-12H2,1H3. The predicted octanol–water partition coefficient (Wildman–Crippen LogP) is 4.98. The van der Waals surface area contributed by atoms with Gasteiger partial charge in [-0.2, -0.15) is 0 Å². The fraction of sp³-hybridized carbons (Fsp3) is 0.556. The molecule has 1 aromatic heterocycles. The summed E-state index contributed by atoms with van der Waals surface area (Å²) < 4.78 is 2.43. The molecule has 0 radical (unpaired) electrons. The molecule has 0 unspecified atom stereocenters. The Morgan fingerprint density at radius 1 is 1.24 bits per heavy atom. The van der Waals surface area contributed by atoms with Gasteiger partial charge in [-0.3, -0.25) is 0 Å². The van der Waals surface area contributed by atoms with Crippen molar-refractivity contribution in [1.29, 1.82) is 0 Å². The van der Waals surface area contributed by atoms with E-state index in [1.807, 2.05) is 6.07 Å². The summed E-state index contributed by atoms with van der Waals surface area (Å²) in [5.41, 5.74) is 2.68. The molecule has 0 aliphatic heterocycles. The van der Waals surface area contributed by atoms with Crippen molar-refractivity contribution in [1.82, 2.24) is 9.88 Å². The number of nitrogens with one attached hydrogen (secondary N) is 1. The number of nitrogens with zero attached hydrogens (tertiary/aromatic N) is 1. The van der Waals surface area contributed by atoms with Crippen LogP contribution in [0.2, 0.25) is 5.02 Å². The minimum atomic E-state index is 0.834. The van der Waals surface area contributed by atoms with Gasteiger partial charge in [-0.15, -0.1) is 0 Å². The highest BCUT2D eigenvalue weighted by atomic mass is 35.5. The van der Waals surface area contributed by atoms with E-state index in [1.165, 1.54) is 48.6 Å². The molecule has 0 bridgehead atoms. The Balaban J connectivity index is 1.90. The van der Waals surface area contributed by atoms with E-state index in [4.69, 9.17) is 11.6 Å². The largest absolute Gasteiger partial charge is 0.347 e. The average molecular weight is 305 g/mol. The Bertz CT molecular complexity index is 597. The molecule has 1 N–H and O–H groups in total. The molecular formula is C18H25ClN2. The third-order valence-corrected chi connectivity index (χ3v) is 4.91. The lowest BCUT2D eigenvalue weighted by atomic mass is 9.89. The second-order valence-corrected chi connectivity index (χ2v) is 6.69. The van der Waals surface area contributed by atoms with Crippen molar-refractivity contribution in [2.24, 2.45) is 5.92 Å². The summed E-state index contributed by atoms with van der Waals surface area (Å²) in [5, 5.41) is 5.62. The van der Waals surface area contributed by atoms with Crippen LogP contribution < -0.4 is 5.32 Å². The lowest BCUT2D eigenvalue weighted by molar-refractivity contribution is 0.322. The van der Waals surface area contributed by atoms with Gasteiger partial charge < -0.3 is 9.88 Å². The van der Waals surface area contributed by atoms with Crippen molar-refractivity contribution in [3.8, 4) is 0 Å². The molecule has 0 amide bonds. The van der Waals surface area contributed by atoms with Crippen LogP contribution >= 0.6 is 11.6 Å². The lowest BCUT2D eigenvalue weighted by Crippen LogP contribution is -2.14. The number of benzene rings is 1. The molecule has 0 spiro atoms. The molecule has 0 atom stereocenters. The molecule has 1 aliphatic carbocycles. The van der Waals surface area contributed by atoms with Crippen molar-refractivity contribution in [3.05, 3.63) is 35.0 Å². The first-order valence-corrected chi connectivity index (χ1v) is 8.63. The van der Waals surface area contributed by atoms with Crippen molar-refractivity contribution in [3.63, 3.8) is 0 Å². The van der Waals surface area contributed by atoms with Crippen LogP contribution in [0.4, 0.5) is 0 Å². The maximum Gasteiger partial charge on any atom is 0.0498 e. The summed E-state index contributed by atoms with van der Waals surface area (Å²) in [7, 11) is 0. The maximum absolute atomic E-state index is 6.22. The van der Waals surface area contributed by atoms with Crippen molar-refractivity contribution in [2.75, 3.05) is 6.54 Å². The van der Waals surface area contributed by atoms with Gasteiger partial charge in [-0.1, -0.05) is 43.9 Å². The van der Waals surface area contributed by atoms with Crippen molar-refractivity contribution >= 4 is 22.5 Å². The van der Waals surface area contributed by atoms with E-state index in [0.717, 1.165) is 30.6 Å². The summed E-state index contributed by atoms with van der Waals surface area (Å²) >= 11 is 6.22. The first-order valence-electron chi connectivity index (χ1n) is 8.26. The van der Waals surface area contributed by atoms with E-state index >= 15 is 0 Å². The smallest absolute Gasteiger partial charge is 0.0498 e. The van der Waals surface area contributed by atoms with E-state index < -0.39 is 0 Å². The molecule has 1 saturated carbocycles. The van der Waals surface area contributed by atoms with Crippen molar-refractivity contribution < 1.29 is 0 Å². The Hall–Kier alpha value is -0.990. The van der Waals surface area contributed by atoms with Gasteiger partial charge in [-0.25, -0.2) is 0 Å². The molecule has 1 aromatic carbocycles. The fourth-order valence-corrected chi connectivity index (χ4v) is 3.71. The highest BCUT2D eigenvalue weighted by Gasteiger charge is 2.16. The van der Waals surface area contributed by atoms with E-state index in [0.29, 0.717) is 0 Å². The number of hydrogen-bond acceptors (Lipinski definition) is 1. The van der Waals surface area contributed by atoms with Crippen LogP contribution in [0.5, 0.6) is 0 Å². The Kier molecular flexibility index (Phi) is 4.87. The number of rotatable bonds is 5. The van der Waals surface area contributed by atoms with Gasteiger partial charge in [0.1, 0.15) is 0 Å². The fourth-order valence-electron chi connectivity index (χ4n) is 3.54. The van der Waals surface area contributed by atoms with E-state index in [2.05, 4.69) is 35.1 Å². The Morgan fingerprint density at radius 2 is 2.05 bits per heavy atom. The SMILES string of the molecule is CCNCc1cn(CC2CCCCC2)c2cc(Cl)ccc12. The van der Waals surface area contributed by atoms with E-state index in [1.54, 1.807) is 0 Å². The van der Waals surface area contributed by atoms with Gasteiger partial charge in [0.05, 0.1) is 0 Å². The quantitative estimate of drug-likeness (QED) is 0.824. The van der Waals surface area contributed by atoms with Gasteiger partial charge in [0.15, 0.2) is 0 Å². The van der Waals surface area contributed by atoms with Crippen LogP contribution in [0, 0.1) is 5.92 Å². The number of fused-ring (bicyclic) bond motifs is 1. The van der Waals surface area contributed by atoms with Crippen molar-refractivity contribution in [2.45, 2.75) is 52.1 Å². The molecule has 114 valence electrons. The molecule has 3 heteroatoms. The summed E-state index contributed by atoms with van der Waals surface area (Å²) in [4.78, 5) is 0. The maximum atomic E-state index is 6.22. The summed E-state index contributed by atoms with van der Waals surface area (Å²) in [6.07, 6.45) is 9.30. The van der Waals surface area contributed by atoms with Crippen LogP contribution in [0.1, 0.15) is 44.6 Å². The molecule has 2 aromatic rings. The second-order valence-electron chi connectivity index (χ2n) is 6.25. The zero-order chi connectivity index (χ0) is 14.7.